The number of anilines is 1. The highest BCUT2D eigenvalue weighted by Crippen LogP contribution is 2.30. The Morgan fingerprint density at radius 1 is 1.14 bits per heavy atom. The minimum Gasteiger partial charge on any atom is -0.482 e. The summed E-state index contributed by atoms with van der Waals surface area (Å²) in [4.78, 5) is 23.0. The Kier molecular flexibility index (Phi) is 5.83. The van der Waals surface area contributed by atoms with E-state index in [0.29, 0.717) is 10.4 Å². The topological polar surface area (TPSA) is 81.5 Å². The Labute approximate surface area is 166 Å². The van der Waals surface area contributed by atoms with Crippen molar-refractivity contribution in [2.24, 2.45) is 0 Å². The first-order valence-corrected chi connectivity index (χ1v) is 9.04. The number of nitro groups is 1. The number of nitrogens with zero attached hydrogens (tertiary/aromatic N) is 1. The first-order chi connectivity index (χ1) is 13.7. The smallest absolute Gasteiger partial charge is 0.416 e. The zero-order valence-corrected chi connectivity index (χ0v) is 15.4. The number of carbonyl (C=O) groups excluding carboxylic acids is 1. The molecule has 0 aliphatic carbocycles. The summed E-state index contributed by atoms with van der Waals surface area (Å²) in [5, 5.41) is 15.2. The third-order valence-electron chi connectivity index (χ3n) is 3.80. The quantitative estimate of drug-likeness (QED) is 0.420. The minimum atomic E-state index is -4.45. The van der Waals surface area contributed by atoms with E-state index in [0.717, 1.165) is 23.5 Å². The maximum Gasteiger partial charge on any atom is 0.416 e. The van der Waals surface area contributed by atoms with Crippen LogP contribution in [0.2, 0.25) is 0 Å². The number of para-hydroxylation sites is 2. The molecule has 1 N–H and O–H groups in total. The Balaban J connectivity index is 1.62. The third-order valence-corrected chi connectivity index (χ3v) is 4.78. The third kappa shape index (κ3) is 5.11. The highest BCUT2D eigenvalue weighted by Gasteiger charge is 2.30. The SMILES string of the molecule is O=C(Nc1ccc(C(F)(F)F)cc1)c1cc(COc2ccccc2[N+](=O)[O-])cs1. The number of benzene rings is 2. The van der Waals surface area contributed by atoms with Gasteiger partial charge in [-0.05, 0) is 41.8 Å². The second kappa shape index (κ2) is 8.31. The molecule has 3 rings (SSSR count). The second-order valence-electron chi connectivity index (χ2n) is 5.86. The van der Waals surface area contributed by atoms with Crippen molar-refractivity contribution in [3.05, 3.63) is 86.1 Å². The monoisotopic (exact) mass is 422 g/mol. The van der Waals surface area contributed by atoms with Crippen molar-refractivity contribution >= 4 is 28.6 Å². The molecule has 0 bridgehead atoms. The Bertz CT molecular complexity index is 1030. The Hall–Kier alpha value is -3.40. The normalized spacial score (nSPS) is 11.1. The van der Waals surface area contributed by atoms with Gasteiger partial charge in [-0.1, -0.05) is 12.1 Å². The van der Waals surface area contributed by atoms with Crippen molar-refractivity contribution in [2.75, 3.05) is 5.32 Å². The van der Waals surface area contributed by atoms with Gasteiger partial charge < -0.3 is 10.1 Å². The van der Waals surface area contributed by atoms with Gasteiger partial charge in [0.25, 0.3) is 5.91 Å². The molecular weight excluding hydrogens is 409 g/mol. The fourth-order valence-corrected chi connectivity index (χ4v) is 3.19. The average Bonchev–Trinajstić information content (AvgIpc) is 3.15. The number of alkyl halides is 3. The molecule has 0 saturated heterocycles. The van der Waals surface area contributed by atoms with Crippen LogP contribution in [0.15, 0.2) is 60.0 Å². The predicted molar refractivity (Wildman–Crippen MR) is 101 cm³/mol. The fourth-order valence-electron chi connectivity index (χ4n) is 2.40. The van der Waals surface area contributed by atoms with E-state index in [1.54, 1.807) is 17.5 Å². The van der Waals surface area contributed by atoms with Gasteiger partial charge in [0.2, 0.25) is 0 Å². The van der Waals surface area contributed by atoms with E-state index >= 15 is 0 Å². The summed E-state index contributed by atoms with van der Waals surface area (Å²) in [5.74, 6) is -0.369. The van der Waals surface area contributed by atoms with Gasteiger partial charge in [-0.3, -0.25) is 14.9 Å². The molecule has 1 heterocycles. The number of carbonyl (C=O) groups is 1. The average molecular weight is 422 g/mol. The van der Waals surface area contributed by atoms with Crippen molar-refractivity contribution < 1.29 is 27.6 Å². The summed E-state index contributed by atoms with van der Waals surface area (Å²) >= 11 is 1.12. The van der Waals surface area contributed by atoms with Crippen LogP contribution in [0.4, 0.5) is 24.5 Å². The van der Waals surface area contributed by atoms with Crippen LogP contribution < -0.4 is 10.1 Å². The number of thiophene rings is 1. The van der Waals surface area contributed by atoms with E-state index in [4.69, 9.17) is 4.74 Å². The van der Waals surface area contributed by atoms with Gasteiger partial charge in [0.1, 0.15) is 6.61 Å². The maximum absolute atomic E-state index is 12.6. The van der Waals surface area contributed by atoms with Crippen molar-refractivity contribution in [2.45, 2.75) is 12.8 Å². The largest absolute Gasteiger partial charge is 0.482 e. The van der Waals surface area contributed by atoms with Gasteiger partial charge in [0.15, 0.2) is 5.75 Å². The number of ether oxygens (including phenoxy) is 1. The minimum absolute atomic E-state index is 0.0227. The molecule has 0 saturated carbocycles. The molecule has 1 amide bonds. The first-order valence-electron chi connectivity index (χ1n) is 8.16. The molecule has 0 fully saturated rings. The highest BCUT2D eigenvalue weighted by atomic mass is 32.1. The van der Waals surface area contributed by atoms with Crippen molar-refractivity contribution in [3.8, 4) is 5.75 Å². The highest BCUT2D eigenvalue weighted by molar-refractivity contribution is 7.12. The number of amides is 1. The van der Waals surface area contributed by atoms with E-state index in [9.17, 15) is 28.1 Å². The summed E-state index contributed by atoms with van der Waals surface area (Å²) in [7, 11) is 0. The van der Waals surface area contributed by atoms with Gasteiger partial charge in [0.05, 0.1) is 15.4 Å². The molecule has 1 aromatic heterocycles. The molecule has 10 heteroatoms. The Morgan fingerprint density at radius 3 is 2.48 bits per heavy atom. The van der Waals surface area contributed by atoms with Crippen LogP contribution in [0, 0.1) is 10.1 Å². The van der Waals surface area contributed by atoms with Crippen LogP contribution >= 0.6 is 11.3 Å². The lowest BCUT2D eigenvalue weighted by Gasteiger charge is -2.08. The molecule has 0 aliphatic heterocycles. The molecule has 0 unspecified atom stereocenters. The summed E-state index contributed by atoms with van der Waals surface area (Å²) < 4.78 is 43.2. The van der Waals surface area contributed by atoms with Crippen LogP contribution in [0.3, 0.4) is 0 Å². The molecule has 150 valence electrons. The Morgan fingerprint density at radius 2 is 1.83 bits per heavy atom. The van der Waals surface area contributed by atoms with Gasteiger partial charge in [-0.25, -0.2) is 0 Å². The van der Waals surface area contributed by atoms with Crippen molar-refractivity contribution in [3.63, 3.8) is 0 Å². The van der Waals surface area contributed by atoms with Crippen molar-refractivity contribution in [1.29, 1.82) is 0 Å². The number of hydrogen-bond donors (Lipinski definition) is 1. The number of nitrogens with one attached hydrogen (secondary N) is 1. The number of halogens is 3. The number of rotatable bonds is 6. The number of nitro benzene ring substituents is 1. The molecule has 6 nitrogen and oxygen atoms in total. The van der Waals surface area contributed by atoms with Crippen LogP contribution in [0.5, 0.6) is 5.75 Å². The summed E-state index contributed by atoms with van der Waals surface area (Å²) in [5.41, 5.74) is -0.108. The van der Waals surface area contributed by atoms with Crippen molar-refractivity contribution in [1.82, 2.24) is 0 Å². The van der Waals surface area contributed by atoms with E-state index in [1.807, 2.05) is 0 Å². The maximum atomic E-state index is 12.6. The van der Waals surface area contributed by atoms with Crippen LogP contribution in [-0.4, -0.2) is 10.8 Å². The second-order valence-corrected chi connectivity index (χ2v) is 6.77. The standard InChI is InChI=1S/C19H13F3N2O4S/c20-19(21,22)13-5-7-14(8-6-13)23-18(25)17-9-12(11-29-17)10-28-16-4-2-1-3-15(16)24(26)27/h1-9,11H,10H2,(H,23,25). The van der Waals surface area contributed by atoms with Gasteiger partial charge in [0, 0.05) is 17.3 Å². The van der Waals surface area contributed by atoms with Gasteiger partial charge in [-0.15, -0.1) is 11.3 Å². The summed E-state index contributed by atoms with van der Waals surface area (Å²) in [6.45, 7) is 0.0227. The van der Waals surface area contributed by atoms with E-state index in [-0.39, 0.29) is 23.7 Å². The molecular formula is C19H13F3N2O4S. The summed E-state index contributed by atoms with van der Waals surface area (Å²) in [6.07, 6.45) is -4.45. The van der Waals surface area contributed by atoms with E-state index in [2.05, 4.69) is 5.32 Å². The van der Waals surface area contributed by atoms with E-state index in [1.165, 1.54) is 30.3 Å². The molecule has 0 spiro atoms. The molecule has 0 aliphatic rings. The van der Waals surface area contributed by atoms with E-state index < -0.39 is 22.6 Å². The molecule has 2 aromatic carbocycles. The molecule has 0 radical (unpaired) electrons. The lowest BCUT2D eigenvalue weighted by Crippen LogP contribution is -2.11. The van der Waals surface area contributed by atoms with Crippen LogP contribution in [0.25, 0.3) is 0 Å². The molecule has 0 atom stereocenters. The van der Waals surface area contributed by atoms with Gasteiger partial charge >= 0.3 is 11.9 Å². The lowest BCUT2D eigenvalue weighted by molar-refractivity contribution is -0.385. The first kappa shape index (κ1) is 20.3. The number of hydrogen-bond acceptors (Lipinski definition) is 5. The lowest BCUT2D eigenvalue weighted by atomic mass is 10.2. The van der Waals surface area contributed by atoms with Crippen LogP contribution in [-0.2, 0) is 12.8 Å². The zero-order valence-electron chi connectivity index (χ0n) is 14.6. The fraction of sp³-hybridized carbons (Fsp3) is 0.105. The zero-order chi connectivity index (χ0) is 21.0. The van der Waals surface area contributed by atoms with Gasteiger partial charge in [-0.2, -0.15) is 13.2 Å². The summed E-state index contributed by atoms with van der Waals surface area (Å²) in [6, 6.07) is 11.6. The van der Waals surface area contributed by atoms with Crippen LogP contribution in [0.1, 0.15) is 20.8 Å². The molecule has 29 heavy (non-hydrogen) atoms. The molecule has 3 aromatic rings. The predicted octanol–water partition coefficient (Wildman–Crippen LogP) is 5.51.